The number of carbonyl (C=O) groups is 2. The summed E-state index contributed by atoms with van der Waals surface area (Å²) in [6.45, 7) is 5.48. The van der Waals surface area contributed by atoms with Gasteiger partial charge in [-0.2, -0.15) is 5.10 Å². The van der Waals surface area contributed by atoms with Crippen molar-refractivity contribution in [2.45, 2.75) is 39.2 Å². The smallest absolute Gasteiger partial charge is 0.257 e. The second-order valence-electron chi connectivity index (χ2n) is 9.96. The van der Waals surface area contributed by atoms with Gasteiger partial charge in [-0.25, -0.2) is 9.97 Å². The minimum atomic E-state index is -0.352. The maximum Gasteiger partial charge on any atom is 0.257 e. The number of hydrogen-bond donors (Lipinski definition) is 1. The van der Waals surface area contributed by atoms with Crippen molar-refractivity contribution < 1.29 is 23.8 Å². The van der Waals surface area contributed by atoms with Gasteiger partial charge < -0.3 is 19.5 Å². The summed E-state index contributed by atoms with van der Waals surface area (Å²) in [5.41, 5.74) is 0.341. The summed E-state index contributed by atoms with van der Waals surface area (Å²) in [5.74, 6) is 2.03. The number of aromatic nitrogens is 4. The standard InChI is InChI=1S/C27H32N6O5/c1-17(2)37-21-10-20(26(34)30-23-6-8-32(3)31-23)11-22(12-21)38-25-14-28-24(13-29-25)33(15-18-4-5-18)27(35)19-7-9-36-16-19/h6,8,10-14,17-19H,4-5,7,9,15-16H2,1-3H3,(H,30,31,34). The summed E-state index contributed by atoms with van der Waals surface area (Å²) in [5, 5.41) is 6.96. The van der Waals surface area contributed by atoms with Gasteiger partial charge in [0.25, 0.3) is 5.91 Å². The summed E-state index contributed by atoms with van der Waals surface area (Å²) in [6, 6.07) is 6.64. The molecule has 2 amide bonds. The van der Waals surface area contributed by atoms with Crippen LogP contribution >= 0.6 is 0 Å². The van der Waals surface area contributed by atoms with E-state index in [0.29, 0.717) is 54.4 Å². The Morgan fingerprint density at radius 2 is 1.97 bits per heavy atom. The Labute approximate surface area is 221 Å². The largest absolute Gasteiger partial charge is 0.491 e. The second-order valence-corrected chi connectivity index (χ2v) is 9.96. The Morgan fingerprint density at radius 1 is 1.16 bits per heavy atom. The van der Waals surface area contributed by atoms with E-state index >= 15 is 0 Å². The van der Waals surface area contributed by atoms with E-state index in [-0.39, 0.29) is 29.7 Å². The first kappa shape index (κ1) is 25.7. The van der Waals surface area contributed by atoms with Gasteiger partial charge in [0.05, 0.1) is 31.0 Å². The van der Waals surface area contributed by atoms with E-state index in [0.717, 1.165) is 19.3 Å². The molecule has 1 unspecified atom stereocenters. The molecule has 3 aromatic rings. The highest BCUT2D eigenvalue weighted by Crippen LogP contribution is 2.33. The Morgan fingerprint density at radius 3 is 2.61 bits per heavy atom. The van der Waals surface area contributed by atoms with Crippen molar-refractivity contribution in [2.75, 3.05) is 30.0 Å². The lowest BCUT2D eigenvalue weighted by molar-refractivity contribution is -0.122. The molecule has 1 atom stereocenters. The number of hydrogen-bond acceptors (Lipinski definition) is 8. The highest BCUT2D eigenvalue weighted by atomic mass is 16.5. The van der Waals surface area contributed by atoms with Crippen molar-refractivity contribution in [3.8, 4) is 17.4 Å². The third-order valence-corrected chi connectivity index (χ3v) is 6.27. The minimum Gasteiger partial charge on any atom is -0.491 e. The molecule has 2 aromatic heterocycles. The Hall–Kier alpha value is -3.99. The molecule has 1 N–H and O–H groups in total. The summed E-state index contributed by atoms with van der Waals surface area (Å²) >= 11 is 0. The van der Waals surface area contributed by atoms with Gasteiger partial charge >= 0.3 is 0 Å². The predicted octanol–water partition coefficient (Wildman–Crippen LogP) is 3.82. The lowest BCUT2D eigenvalue weighted by Gasteiger charge is -2.24. The molecule has 0 radical (unpaired) electrons. The number of carbonyl (C=O) groups excluding carboxylic acids is 2. The first-order valence-corrected chi connectivity index (χ1v) is 12.9. The number of benzene rings is 1. The van der Waals surface area contributed by atoms with E-state index in [1.165, 1.54) is 6.20 Å². The molecule has 1 saturated heterocycles. The fourth-order valence-electron chi connectivity index (χ4n) is 4.20. The number of amides is 2. The van der Waals surface area contributed by atoms with Gasteiger partial charge in [0.2, 0.25) is 11.8 Å². The highest BCUT2D eigenvalue weighted by molar-refractivity contribution is 6.04. The number of nitrogens with one attached hydrogen (secondary N) is 1. The Bertz CT molecular complexity index is 1280. The summed E-state index contributed by atoms with van der Waals surface area (Å²) in [7, 11) is 1.77. The van der Waals surface area contributed by atoms with Crippen LogP contribution in [0.1, 0.15) is 43.5 Å². The fraction of sp³-hybridized carbons (Fsp3) is 0.444. The average molecular weight is 521 g/mol. The van der Waals surface area contributed by atoms with Crippen LogP contribution in [0, 0.1) is 11.8 Å². The first-order valence-electron chi connectivity index (χ1n) is 12.9. The van der Waals surface area contributed by atoms with Crippen LogP contribution in [0.25, 0.3) is 0 Å². The zero-order valence-corrected chi connectivity index (χ0v) is 21.8. The SMILES string of the molecule is CC(C)Oc1cc(Oc2cnc(N(CC3CC3)C(=O)C3CCOC3)cn2)cc(C(=O)Nc2ccn(C)n2)c1. The third kappa shape index (κ3) is 6.46. The van der Waals surface area contributed by atoms with Gasteiger partial charge in [-0.3, -0.25) is 19.2 Å². The average Bonchev–Trinajstić information content (AvgIpc) is 3.35. The highest BCUT2D eigenvalue weighted by Gasteiger charge is 2.33. The van der Waals surface area contributed by atoms with Gasteiger partial charge in [0.1, 0.15) is 11.5 Å². The summed E-state index contributed by atoms with van der Waals surface area (Å²) < 4.78 is 18.8. The molecule has 11 nitrogen and oxygen atoms in total. The van der Waals surface area contributed by atoms with E-state index in [2.05, 4.69) is 20.4 Å². The van der Waals surface area contributed by atoms with Crippen molar-refractivity contribution in [1.82, 2.24) is 19.7 Å². The molecule has 1 aliphatic carbocycles. The van der Waals surface area contributed by atoms with Crippen molar-refractivity contribution in [3.05, 3.63) is 48.4 Å². The molecule has 200 valence electrons. The second kappa shape index (κ2) is 11.2. The van der Waals surface area contributed by atoms with Crippen LogP contribution in [0.2, 0.25) is 0 Å². The summed E-state index contributed by atoms with van der Waals surface area (Å²) in [6.07, 6.45) is 7.63. The number of aryl methyl sites for hydroxylation is 1. The van der Waals surface area contributed by atoms with Crippen LogP contribution in [-0.4, -0.2) is 57.4 Å². The van der Waals surface area contributed by atoms with Crippen molar-refractivity contribution in [1.29, 1.82) is 0 Å². The van der Waals surface area contributed by atoms with Crippen molar-refractivity contribution in [2.24, 2.45) is 18.9 Å². The predicted molar refractivity (Wildman–Crippen MR) is 139 cm³/mol. The normalized spacial score (nSPS) is 16.9. The van der Waals surface area contributed by atoms with Crippen LogP contribution in [0.15, 0.2) is 42.9 Å². The minimum absolute atomic E-state index is 0.0273. The molecule has 3 heterocycles. The molecule has 1 aromatic carbocycles. The molecule has 2 fully saturated rings. The fourth-order valence-corrected chi connectivity index (χ4v) is 4.20. The molecule has 5 rings (SSSR count). The van der Waals surface area contributed by atoms with Crippen LogP contribution < -0.4 is 19.7 Å². The van der Waals surface area contributed by atoms with Crippen LogP contribution in [0.4, 0.5) is 11.6 Å². The zero-order chi connectivity index (χ0) is 26.6. The molecule has 1 aliphatic heterocycles. The van der Waals surface area contributed by atoms with E-state index in [4.69, 9.17) is 14.2 Å². The molecule has 0 spiro atoms. The Kier molecular flexibility index (Phi) is 7.54. The molecule has 2 aliphatic rings. The van der Waals surface area contributed by atoms with Gasteiger partial charge in [0, 0.05) is 44.1 Å². The lowest BCUT2D eigenvalue weighted by Crippen LogP contribution is -2.38. The van der Waals surface area contributed by atoms with Gasteiger partial charge in [-0.15, -0.1) is 0 Å². The van der Waals surface area contributed by atoms with Crippen LogP contribution in [-0.2, 0) is 16.6 Å². The van der Waals surface area contributed by atoms with Gasteiger partial charge in [-0.1, -0.05) is 0 Å². The number of nitrogens with zero attached hydrogens (tertiary/aromatic N) is 5. The third-order valence-electron chi connectivity index (χ3n) is 6.27. The molecule has 1 saturated carbocycles. The van der Waals surface area contributed by atoms with Gasteiger partial charge in [-0.05, 0) is 51.2 Å². The van der Waals surface area contributed by atoms with Crippen LogP contribution in [0.5, 0.6) is 17.4 Å². The molecule has 0 bridgehead atoms. The molecular weight excluding hydrogens is 488 g/mol. The van der Waals surface area contributed by atoms with Crippen molar-refractivity contribution >= 4 is 23.5 Å². The maximum atomic E-state index is 13.1. The lowest BCUT2D eigenvalue weighted by atomic mass is 10.1. The molecular formula is C27H32N6O5. The van der Waals surface area contributed by atoms with Crippen molar-refractivity contribution in [3.63, 3.8) is 0 Å². The quantitative estimate of drug-likeness (QED) is 0.428. The van der Waals surface area contributed by atoms with Crippen LogP contribution in [0.3, 0.4) is 0 Å². The van der Waals surface area contributed by atoms with E-state index < -0.39 is 0 Å². The monoisotopic (exact) mass is 520 g/mol. The van der Waals surface area contributed by atoms with E-state index in [1.807, 2.05) is 13.8 Å². The Balaban J connectivity index is 1.33. The zero-order valence-electron chi connectivity index (χ0n) is 21.8. The molecule has 11 heteroatoms. The van der Waals surface area contributed by atoms with E-state index in [1.54, 1.807) is 53.3 Å². The summed E-state index contributed by atoms with van der Waals surface area (Å²) in [4.78, 5) is 36.7. The van der Waals surface area contributed by atoms with E-state index in [9.17, 15) is 9.59 Å². The number of ether oxygens (including phenoxy) is 3. The van der Waals surface area contributed by atoms with Gasteiger partial charge in [0.15, 0.2) is 11.6 Å². The first-order chi connectivity index (χ1) is 18.3. The number of rotatable bonds is 10. The molecule has 38 heavy (non-hydrogen) atoms. The topological polar surface area (TPSA) is 121 Å². The maximum absolute atomic E-state index is 13.1. The number of anilines is 2.